The first-order valence-electron chi connectivity index (χ1n) is 8.56. The minimum Gasteiger partial charge on any atom is -0.496 e. The van der Waals surface area contributed by atoms with Gasteiger partial charge < -0.3 is 24.6 Å². The van der Waals surface area contributed by atoms with Crippen molar-refractivity contribution < 1.29 is 19.1 Å². The van der Waals surface area contributed by atoms with Gasteiger partial charge in [-0.15, -0.1) is 0 Å². The van der Waals surface area contributed by atoms with Gasteiger partial charge in [0.15, 0.2) is 0 Å². The minimum atomic E-state index is -0.108. The van der Waals surface area contributed by atoms with Crippen LogP contribution in [0.2, 0.25) is 0 Å². The highest BCUT2D eigenvalue weighted by Gasteiger charge is 2.27. The molecule has 25 heavy (non-hydrogen) atoms. The summed E-state index contributed by atoms with van der Waals surface area (Å²) in [5.41, 5.74) is 1.39. The number of nitrogens with one attached hydrogen (secondary N) is 1. The first-order valence-corrected chi connectivity index (χ1v) is 8.56. The van der Waals surface area contributed by atoms with Crippen LogP contribution in [0.25, 0.3) is 0 Å². The van der Waals surface area contributed by atoms with E-state index in [4.69, 9.17) is 9.47 Å². The predicted molar refractivity (Wildman–Crippen MR) is 95.4 cm³/mol. The van der Waals surface area contributed by atoms with Gasteiger partial charge in [-0.05, 0) is 31.0 Å². The molecular weight excluding hydrogens is 322 g/mol. The molecule has 1 aliphatic rings. The Kier molecular flexibility index (Phi) is 6.50. The van der Waals surface area contributed by atoms with Crippen molar-refractivity contribution in [2.75, 3.05) is 46.9 Å². The van der Waals surface area contributed by atoms with E-state index in [1.807, 2.05) is 13.8 Å². The Morgan fingerprint density at radius 2 is 1.64 bits per heavy atom. The Labute approximate surface area is 148 Å². The number of benzene rings is 1. The SMILES string of the molecule is CCCNC(=O)N1CCN(C(=O)c2cc(OC)c(C)cc2OC)CC1. The molecule has 1 N–H and O–H groups in total. The summed E-state index contributed by atoms with van der Waals surface area (Å²) >= 11 is 0. The summed E-state index contributed by atoms with van der Waals surface area (Å²) in [5, 5.41) is 2.86. The standard InChI is InChI=1S/C18H27N3O4/c1-5-6-19-18(23)21-9-7-20(8-10-21)17(22)14-12-15(24-3)13(2)11-16(14)25-4/h11-12H,5-10H2,1-4H3,(H,19,23). The zero-order valence-corrected chi connectivity index (χ0v) is 15.4. The van der Waals surface area contributed by atoms with Crippen molar-refractivity contribution in [1.29, 1.82) is 0 Å². The number of methoxy groups -OCH3 is 2. The average molecular weight is 349 g/mol. The molecule has 1 aliphatic heterocycles. The molecule has 7 heteroatoms. The Balaban J connectivity index is 2.06. The lowest BCUT2D eigenvalue weighted by Gasteiger charge is -2.35. The van der Waals surface area contributed by atoms with E-state index < -0.39 is 0 Å². The number of aryl methyl sites for hydroxylation is 1. The van der Waals surface area contributed by atoms with Crippen molar-refractivity contribution in [2.24, 2.45) is 0 Å². The maximum Gasteiger partial charge on any atom is 0.317 e. The highest BCUT2D eigenvalue weighted by molar-refractivity contribution is 5.97. The van der Waals surface area contributed by atoms with Crippen molar-refractivity contribution in [2.45, 2.75) is 20.3 Å². The third-order valence-corrected chi connectivity index (χ3v) is 4.33. The first kappa shape index (κ1) is 18.9. The van der Waals surface area contributed by atoms with Crippen LogP contribution in [0.3, 0.4) is 0 Å². The molecule has 1 saturated heterocycles. The molecule has 7 nitrogen and oxygen atoms in total. The van der Waals surface area contributed by atoms with Crippen LogP contribution in [0.4, 0.5) is 4.79 Å². The summed E-state index contributed by atoms with van der Waals surface area (Å²) < 4.78 is 10.7. The van der Waals surface area contributed by atoms with E-state index in [9.17, 15) is 9.59 Å². The number of carbonyl (C=O) groups excluding carboxylic acids is 2. The van der Waals surface area contributed by atoms with E-state index in [2.05, 4.69) is 5.32 Å². The molecule has 1 heterocycles. The molecule has 0 atom stereocenters. The summed E-state index contributed by atoms with van der Waals surface area (Å²) in [6.07, 6.45) is 0.902. The van der Waals surface area contributed by atoms with Crippen molar-refractivity contribution in [3.8, 4) is 11.5 Å². The molecule has 0 bridgehead atoms. The molecule has 0 spiro atoms. The number of ether oxygens (including phenoxy) is 2. The molecule has 0 unspecified atom stereocenters. The summed E-state index contributed by atoms with van der Waals surface area (Å²) in [6.45, 7) is 6.62. The fraction of sp³-hybridized carbons (Fsp3) is 0.556. The lowest BCUT2D eigenvalue weighted by atomic mass is 10.1. The Morgan fingerprint density at radius 3 is 2.20 bits per heavy atom. The second-order valence-electron chi connectivity index (χ2n) is 6.03. The molecule has 1 aromatic carbocycles. The van der Waals surface area contributed by atoms with Crippen LogP contribution in [0.1, 0.15) is 29.3 Å². The number of urea groups is 1. The number of nitrogens with zero attached hydrogens (tertiary/aromatic N) is 2. The van der Waals surface area contributed by atoms with Crippen LogP contribution < -0.4 is 14.8 Å². The molecular formula is C18H27N3O4. The molecule has 0 aliphatic carbocycles. The number of hydrogen-bond acceptors (Lipinski definition) is 4. The van der Waals surface area contributed by atoms with E-state index >= 15 is 0 Å². The van der Waals surface area contributed by atoms with Gasteiger partial charge in [0.05, 0.1) is 19.8 Å². The van der Waals surface area contributed by atoms with Crippen LogP contribution >= 0.6 is 0 Å². The molecule has 138 valence electrons. The largest absolute Gasteiger partial charge is 0.496 e. The third-order valence-electron chi connectivity index (χ3n) is 4.33. The Morgan fingerprint density at radius 1 is 1.04 bits per heavy atom. The Hall–Kier alpha value is -2.44. The molecule has 1 fully saturated rings. The van der Waals surface area contributed by atoms with Crippen LogP contribution in [-0.4, -0.2) is 68.7 Å². The summed E-state index contributed by atoms with van der Waals surface area (Å²) in [6, 6.07) is 3.46. The van der Waals surface area contributed by atoms with Crippen LogP contribution in [0.15, 0.2) is 12.1 Å². The van der Waals surface area contributed by atoms with E-state index in [1.165, 1.54) is 0 Å². The lowest BCUT2D eigenvalue weighted by molar-refractivity contribution is 0.0661. The Bertz CT molecular complexity index is 625. The predicted octanol–water partition coefficient (Wildman–Crippen LogP) is 1.89. The average Bonchev–Trinajstić information content (AvgIpc) is 2.65. The maximum atomic E-state index is 12.9. The highest BCUT2D eigenvalue weighted by atomic mass is 16.5. The van der Waals surface area contributed by atoms with Gasteiger partial charge in [0.2, 0.25) is 0 Å². The molecule has 1 aromatic rings. The summed E-state index contributed by atoms with van der Waals surface area (Å²) in [7, 11) is 3.13. The van der Waals surface area contributed by atoms with Gasteiger partial charge in [-0.1, -0.05) is 6.92 Å². The van der Waals surface area contributed by atoms with Crippen molar-refractivity contribution in [3.63, 3.8) is 0 Å². The fourth-order valence-corrected chi connectivity index (χ4v) is 2.84. The zero-order valence-electron chi connectivity index (χ0n) is 15.4. The number of carbonyl (C=O) groups is 2. The molecule has 0 radical (unpaired) electrons. The first-order chi connectivity index (χ1) is 12.0. The summed E-state index contributed by atoms with van der Waals surface area (Å²) in [4.78, 5) is 28.4. The lowest BCUT2D eigenvalue weighted by Crippen LogP contribution is -2.53. The maximum absolute atomic E-state index is 12.9. The van der Waals surface area contributed by atoms with Crippen LogP contribution in [-0.2, 0) is 0 Å². The van der Waals surface area contributed by atoms with Crippen molar-refractivity contribution in [3.05, 3.63) is 23.3 Å². The fourth-order valence-electron chi connectivity index (χ4n) is 2.84. The second-order valence-corrected chi connectivity index (χ2v) is 6.03. The van der Waals surface area contributed by atoms with E-state index in [0.717, 1.165) is 12.0 Å². The van der Waals surface area contributed by atoms with Gasteiger partial charge in [-0.25, -0.2) is 4.79 Å². The van der Waals surface area contributed by atoms with Gasteiger partial charge in [0, 0.05) is 32.7 Å². The molecule has 3 amide bonds. The van der Waals surface area contributed by atoms with E-state index in [0.29, 0.717) is 49.8 Å². The number of hydrogen-bond donors (Lipinski definition) is 1. The van der Waals surface area contributed by atoms with Gasteiger partial charge in [-0.2, -0.15) is 0 Å². The van der Waals surface area contributed by atoms with Gasteiger partial charge in [0.1, 0.15) is 11.5 Å². The molecule has 0 saturated carbocycles. The van der Waals surface area contributed by atoms with Crippen molar-refractivity contribution >= 4 is 11.9 Å². The minimum absolute atomic E-state index is 0.0662. The molecule has 0 aromatic heterocycles. The molecule has 2 rings (SSSR count). The van der Waals surface area contributed by atoms with Crippen LogP contribution in [0, 0.1) is 6.92 Å². The van der Waals surface area contributed by atoms with Crippen molar-refractivity contribution in [1.82, 2.24) is 15.1 Å². The van der Waals surface area contributed by atoms with Gasteiger partial charge >= 0.3 is 6.03 Å². The number of amides is 3. The topological polar surface area (TPSA) is 71.1 Å². The van der Waals surface area contributed by atoms with Crippen LogP contribution in [0.5, 0.6) is 11.5 Å². The smallest absolute Gasteiger partial charge is 0.317 e. The van der Waals surface area contributed by atoms with Gasteiger partial charge in [0.25, 0.3) is 5.91 Å². The zero-order chi connectivity index (χ0) is 18.4. The van der Waals surface area contributed by atoms with Gasteiger partial charge in [-0.3, -0.25) is 4.79 Å². The second kappa shape index (κ2) is 8.60. The highest BCUT2D eigenvalue weighted by Crippen LogP contribution is 2.29. The monoisotopic (exact) mass is 349 g/mol. The normalized spacial score (nSPS) is 14.2. The third kappa shape index (κ3) is 4.35. The van der Waals surface area contributed by atoms with E-state index in [-0.39, 0.29) is 11.9 Å². The number of piperazine rings is 1. The van der Waals surface area contributed by atoms with E-state index in [1.54, 1.807) is 36.2 Å². The summed E-state index contributed by atoms with van der Waals surface area (Å²) in [5.74, 6) is 1.08. The quantitative estimate of drug-likeness (QED) is 0.881. The number of rotatable bonds is 5.